The summed E-state index contributed by atoms with van der Waals surface area (Å²) >= 11 is 0. The van der Waals surface area contributed by atoms with Crippen LogP contribution in [0.3, 0.4) is 0 Å². The Morgan fingerprint density at radius 1 is 1.09 bits per heavy atom. The summed E-state index contributed by atoms with van der Waals surface area (Å²) in [7, 11) is 0. The molecule has 0 spiro atoms. The van der Waals surface area contributed by atoms with Crippen LogP contribution in [-0.2, 0) is 17.8 Å². The van der Waals surface area contributed by atoms with E-state index in [0.29, 0.717) is 0 Å². The maximum absolute atomic E-state index is 12.8. The van der Waals surface area contributed by atoms with Crippen molar-refractivity contribution >= 4 is 11.7 Å². The van der Waals surface area contributed by atoms with Gasteiger partial charge in [0.1, 0.15) is 5.82 Å². The van der Waals surface area contributed by atoms with Crippen molar-refractivity contribution < 1.29 is 4.79 Å². The highest BCUT2D eigenvalue weighted by Gasteiger charge is 2.30. The monoisotopic (exact) mass is 312 g/mol. The van der Waals surface area contributed by atoms with E-state index in [1.807, 2.05) is 21.8 Å². The lowest BCUT2D eigenvalue weighted by atomic mass is 9.94. The molecule has 2 aromatic heterocycles. The van der Waals surface area contributed by atoms with Crippen LogP contribution in [0.1, 0.15) is 12.1 Å². The Bertz CT molecular complexity index is 677. The van der Waals surface area contributed by atoms with Crippen molar-refractivity contribution in [3.63, 3.8) is 0 Å². The van der Waals surface area contributed by atoms with Gasteiger partial charge in [-0.15, -0.1) is 0 Å². The Kier molecular flexibility index (Phi) is 3.69. The standard InChI is InChI=1S/C16H20N6O/c23-16(13-2-6-22-14(11-13)1-3-19-22)21-9-7-20(8-10-21)15-12-17-4-5-18-15/h1,3-5,12-13H,2,6-11H2. The van der Waals surface area contributed by atoms with Crippen molar-refractivity contribution in [1.29, 1.82) is 0 Å². The minimum Gasteiger partial charge on any atom is -0.352 e. The molecular weight excluding hydrogens is 292 g/mol. The van der Waals surface area contributed by atoms with E-state index in [-0.39, 0.29) is 11.8 Å². The molecule has 0 saturated carbocycles. The van der Waals surface area contributed by atoms with Gasteiger partial charge in [-0.2, -0.15) is 5.10 Å². The molecule has 2 aromatic rings. The first kappa shape index (κ1) is 14.2. The van der Waals surface area contributed by atoms with E-state index in [2.05, 4.69) is 20.0 Å². The zero-order valence-electron chi connectivity index (χ0n) is 13.0. The van der Waals surface area contributed by atoms with Gasteiger partial charge in [-0.25, -0.2) is 4.98 Å². The van der Waals surface area contributed by atoms with Gasteiger partial charge in [-0.3, -0.25) is 14.5 Å². The maximum atomic E-state index is 12.8. The summed E-state index contributed by atoms with van der Waals surface area (Å²) in [5.74, 6) is 1.28. The molecule has 23 heavy (non-hydrogen) atoms. The van der Waals surface area contributed by atoms with E-state index in [1.165, 1.54) is 5.69 Å². The van der Waals surface area contributed by atoms with Gasteiger partial charge in [-0.1, -0.05) is 0 Å². The summed E-state index contributed by atoms with van der Waals surface area (Å²) < 4.78 is 2.01. The van der Waals surface area contributed by atoms with Crippen LogP contribution in [-0.4, -0.2) is 56.7 Å². The van der Waals surface area contributed by atoms with Crippen LogP contribution >= 0.6 is 0 Å². The van der Waals surface area contributed by atoms with E-state index < -0.39 is 0 Å². The number of aromatic nitrogens is 4. The lowest BCUT2D eigenvalue weighted by molar-refractivity contribution is -0.136. The number of fused-ring (bicyclic) bond motifs is 1. The third-order valence-corrected chi connectivity index (χ3v) is 4.76. The number of carbonyl (C=O) groups is 1. The van der Waals surface area contributed by atoms with Gasteiger partial charge in [0.15, 0.2) is 0 Å². The Balaban J connectivity index is 1.36. The van der Waals surface area contributed by atoms with Gasteiger partial charge in [0, 0.05) is 69.3 Å². The van der Waals surface area contributed by atoms with Gasteiger partial charge < -0.3 is 9.80 Å². The van der Waals surface area contributed by atoms with Gasteiger partial charge in [0.05, 0.1) is 6.20 Å². The zero-order valence-corrected chi connectivity index (χ0v) is 13.0. The molecule has 1 amide bonds. The molecule has 4 rings (SSSR count). The average Bonchev–Trinajstić information content (AvgIpc) is 3.10. The summed E-state index contributed by atoms with van der Waals surface area (Å²) in [6, 6.07) is 2.02. The molecule has 0 aromatic carbocycles. The molecule has 1 fully saturated rings. The number of hydrogen-bond acceptors (Lipinski definition) is 5. The second-order valence-electron chi connectivity index (χ2n) is 6.11. The third kappa shape index (κ3) is 2.78. The molecule has 0 aliphatic carbocycles. The van der Waals surface area contributed by atoms with E-state index >= 15 is 0 Å². The number of nitrogens with zero attached hydrogens (tertiary/aromatic N) is 6. The highest BCUT2D eigenvalue weighted by Crippen LogP contribution is 2.22. The number of amides is 1. The second-order valence-corrected chi connectivity index (χ2v) is 6.11. The summed E-state index contributed by atoms with van der Waals surface area (Å²) in [6.45, 7) is 3.98. The molecule has 2 aliphatic heterocycles. The largest absolute Gasteiger partial charge is 0.352 e. The number of carbonyl (C=O) groups excluding carboxylic acids is 1. The minimum absolute atomic E-state index is 0.0993. The predicted molar refractivity (Wildman–Crippen MR) is 84.9 cm³/mol. The summed E-state index contributed by atoms with van der Waals surface area (Å²) in [4.78, 5) is 25.4. The van der Waals surface area contributed by atoms with Crippen LogP contribution in [0.15, 0.2) is 30.9 Å². The third-order valence-electron chi connectivity index (χ3n) is 4.76. The zero-order chi connectivity index (χ0) is 15.6. The molecule has 2 aliphatic rings. The number of piperazine rings is 1. The summed E-state index contributed by atoms with van der Waals surface area (Å²) in [5, 5.41) is 4.28. The first-order valence-electron chi connectivity index (χ1n) is 8.12. The first-order valence-corrected chi connectivity index (χ1v) is 8.12. The number of rotatable bonds is 2. The molecule has 7 heteroatoms. The topological polar surface area (TPSA) is 67.2 Å². The van der Waals surface area contributed by atoms with E-state index in [4.69, 9.17) is 0 Å². The molecule has 1 unspecified atom stereocenters. The highest BCUT2D eigenvalue weighted by atomic mass is 16.2. The van der Waals surface area contributed by atoms with E-state index in [1.54, 1.807) is 18.6 Å². The summed E-state index contributed by atoms with van der Waals surface area (Å²) in [6.07, 6.45) is 8.68. The Hall–Kier alpha value is -2.44. The smallest absolute Gasteiger partial charge is 0.226 e. The minimum atomic E-state index is 0.0993. The Morgan fingerprint density at radius 2 is 1.96 bits per heavy atom. The van der Waals surface area contributed by atoms with Crippen molar-refractivity contribution in [3.8, 4) is 0 Å². The second kappa shape index (κ2) is 5.98. The highest BCUT2D eigenvalue weighted by molar-refractivity contribution is 5.79. The molecule has 120 valence electrons. The number of aryl methyl sites for hydroxylation is 1. The van der Waals surface area contributed by atoms with Crippen LogP contribution in [0.25, 0.3) is 0 Å². The van der Waals surface area contributed by atoms with Crippen molar-refractivity contribution in [2.45, 2.75) is 19.4 Å². The molecule has 0 radical (unpaired) electrons. The Labute approximate surface area is 134 Å². The normalized spacial score (nSPS) is 21.1. The Morgan fingerprint density at radius 3 is 2.74 bits per heavy atom. The average molecular weight is 312 g/mol. The lowest BCUT2D eigenvalue weighted by Crippen LogP contribution is -2.51. The number of hydrogen-bond donors (Lipinski definition) is 0. The van der Waals surface area contributed by atoms with E-state index in [0.717, 1.165) is 51.4 Å². The molecule has 0 N–H and O–H groups in total. The van der Waals surface area contributed by atoms with Gasteiger partial charge >= 0.3 is 0 Å². The van der Waals surface area contributed by atoms with Crippen molar-refractivity contribution in [3.05, 3.63) is 36.5 Å². The van der Waals surface area contributed by atoms with Gasteiger partial charge in [-0.05, 0) is 12.5 Å². The maximum Gasteiger partial charge on any atom is 0.226 e. The predicted octanol–water partition coefficient (Wildman–Crippen LogP) is 0.584. The van der Waals surface area contributed by atoms with Gasteiger partial charge in [0.2, 0.25) is 5.91 Å². The lowest BCUT2D eigenvalue weighted by Gasteiger charge is -2.37. The first-order chi connectivity index (χ1) is 11.3. The fourth-order valence-electron chi connectivity index (χ4n) is 3.45. The van der Waals surface area contributed by atoms with Crippen LogP contribution in [0.5, 0.6) is 0 Å². The SMILES string of the molecule is O=C(C1CCn2nccc2C1)N1CCN(c2cnccn2)CC1. The number of anilines is 1. The fourth-order valence-corrected chi connectivity index (χ4v) is 3.45. The summed E-state index contributed by atoms with van der Waals surface area (Å²) in [5.41, 5.74) is 1.17. The van der Waals surface area contributed by atoms with Crippen molar-refractivity contribution in [2.24, 2.45) is 5.92 Å². The van der Waals surface area contributed by atoms with Crippen LogP contribution < -0.4 is 4.90 Å². The van der Waals surface area contributed by atoms with Crippen LogP contribution in [0.2, 0.25) is 0 Å². The molecule has 1 atom stereocenters. The quantitative estimate of drug-likeness (QED) is 0.812. The van der Waals surface area contributed by atoms with E-state index in [9.17, 15) is 4.79 Å². The van der Waals surface area contributed by atoms with Crippen molar-refractivity contribution in [2.75, 3.05) is 31.1 Å². The fraction of sp³-hybridized carbons (Fsp3) is 0.500. The molecule has 0 bridgehead atoms. The van der Waals surface area contributed by atoms with Crippen LogP contribution in [0, 0.1) is 5.92 Å². The molecule has 4 heterocycles. The molecular formula is C16H20N6O. The molecule has 1 saturated heterocycles. The van der Waals surface area contributed by atoms with Crippen molar-refractivity contribution in [1.82, 2.24) is 24.6 Å². The van der Waals surface area contributed by atoms with Crippen LogP contribution in [0.4, 0.5) is 5.82 Å². The van der Waals surface area contributed by atoms with Gasteiger partial charge in [0.25, 0.3) is 0 Å². The molecule has 7 nitrogen and oxygen atoms in total.